The largest absolute Gasteiger partial charge is 0.296 e. The van der Waals surface area contributed by atoms with Crippen molar-refractivity contribution >= 4 is 32.6 Å². The van der Waals surface area contributed by atoms with Crippen molar-refractivity contribution < 1.29 is 0 Å². The first-order valence-electron chi connectivity index (χ1n) is 14.4. The maximum atomic E-state index is 4.90. The Labute approximate surface area is 245 Å². The van der Waals surface area contributed by atoms with E-state index in [2.05, 4.69) is 163 Å². The van der Waals surface area contributed by atoms with Gasteiger partial charge in [0.2, 0.25) is 0 Å². The van der Waals surface area contributed by atoms with E-state index in [9.17, 15) is 0 Å². The van der Waals surface area contributed by atoms with Gasteiger partial charge >= 0.3 is 0 Å². The van der Waals surface area contributed by atoms with Gasteiger partial charge in [-0.05, 0) is 80.6 Å². The lowest BCUT2D eigenvalue weighted by atomic mass is 9.85. The van der Waals surface area contributed by atoms with Gasteiger partial charge in [0.25, 0.3) is 0 Å². The van der Waals surface area contributed by atoms with Gasteiger partial charge in [-0.3, -0.25) is 4.57 Å². The van der Waals surface area contributed by atoms with Crippen LogP contribution < -0.4 is 0 Å². The third kappa shape index (κ3) is 3.84. The number of aryl methyl sites for hydroxylation is 1. The van der Waals surface area contributed by atoms with Gasteiger partial charge < -0.3 is 0 Å². The molecule has 2 heteroatoms. The Bertz CT molecular complexity index is 2200. The van der Waals surface area contributed by atoms with E-state index >= 15 is 0 Å². The van der Waals surface area contributed by atoms with Crippen molar-refractivity contribution in [2.45, 2.75) is 6.92 Å². The van der Waals surface area contributed by atoms with E-state index < -0.39 is 0 Å². The van der Waals surface area contributed by atoms with Gasteiger partial charge in [-0.25, -0.2) is 4.98 Å². The van der Waals surface area contributed by atoms with E-state index in [1.807, 2.05) is 0 Å². The van der Waals surface area contributed by atoms with Crippen molar-refractivity contribution in [3.63, 3.8) is 0 Å². The van der Waals surface area contributed by atoms with Gasteiger partial charge in [0.05, 0.1) is 16.7 Å². The number of para-hydroxylation sites is 3. The highest BCUT2D eigenvalue weighted by molar-refractivity contribution is 6.22. The van der Waals surface area contributed by atoms with E-state index in [0.29, 0.717) is 0 Å². The summed E-state index contributed by atoms with van der Waals surface area (Å²) in [5.41, 5.74) is 10.6. The van der Waals surface area contributed by atoms with Crippen molar-refractivity contribution in [3.8, 4) is 39.1 Å². The van der Waals surface area contributed by atoms with Crippen LogP contribution >= 0.6 is 0 Å². The molecule has 0 aliphatic heterocycles. The molecule has 0 atom stereocenters. The third-order valence-electron chi connectivity index (χ3n) is 8.33. The van der Waals surface area contributed by atoms with E-state index in [-0.39, 0.29) is 0 Å². The number of fused-ring (bicyclic) bond motifs is 3. The number of nitrogens with zero attached hydrogens (tertiary/aromatic N) is 2. The third-order valence-corrected chi connectivity index (χ3v) is 8.33. The highest BCUT2D eigenvalue weighted by atomic mass is 15.1. The van der Waals surface area contributed by atoms with Gasteiger partial charge in [-0.1, -0.05) is 127 Å². The molecular formula is C40H28N2. The maximum Gasteiger partial charge on any atom is 0.111 e. The quantitative estimate of drug-likeness (QED) is 0.205. The molecule has 0 saturated carbocycles. The Morgan fingerprint density at radius 1 is 0.452 bits per heavy atom. The lowest BCUT2D eigenvalue weighted by Crippen LogP contribution is -2.00. The first-order chi connectivity index (χ1) is 20.8. The maximum absolute atomic E-state index is 4.90. The molecule has 198 valence electrons. The molecule has 7 aromatic carbocycles. The minimum absolute atomic E-state index is 0.978. The summed E-state index contributed by atoms with van der Waals surface area (Å²) >= 11 is 0. The second-order valence-corrected chi connectivity index (χ2v) is 10.8. The van der Waals surface area contributed by atoms with Crippen LogP contribution in [-0.2, 0) is 0 Å². The summed E-state index contributed by atoms with van der Waals surface area (Å²) < 4.78 is 2.30. The fourth-order valence-corrected chi connectivity index (χ4v) is 6.55. The highest BCUT2D eigenvalue weighted by Gasteiger charge is 2.20. The minimum atomic E-state index is 0.978. The molecule has 0 unspecified atom stereocenters. The molecule has 1 heterocycles. The van der Waals surface area contributed by atoms with E-state index in [0.717, 1.165) is 22.5 Å². The fourth-order valence-electron chi connectivity index (χ4n) is 6.55. The second-order valence-electron chi connectivity index (χ2n) is 10.8. The zero-order valence-corrected chi connectivity index (χ0v) is 23.3. The molecule has 0 saturated heterocycles. The van der Waals surface area contributed by atoms with Crippen molar-refractivity contribution in [2.75, 3.05) is 0 Å². The summed E-state index contributed by atoms with van der Waals surface area (Å²) in [6, 6.07) is 54.4. The Morgan fingerprint density at radius 3 is 1.74 bits per heavy atom. The molecule has 8 rings (SSSR count). The second kappa shape index (κ2) is 9.87. The smallest absolute Gasteiger partial charge is 0.111 e. The van der Waals surface area contributed by atoms with Crippen molar-refractivity contribution in [3.05, 3.63) is 157 Å². The van der Waals surface area contributed by atoms with Crippen molar-refractivity contribution in [1.29, 1.82) is 0 Å². The molecular weight excluding hydrogens is 508 g/mol. The number of hydrogen-bond acceptors (Lipinski definition) is 1. The summed E-state index contributed by atoms with van der Waals surface area (Å²) in [6.45, 7) is 2.09. The van der Waals surface area contributed by atoms with Crippen LogP contribution in [0.2, 0.25) is 0 Å². The average molecular weight is 537 g/mol. The standard InChI is InChI=1S/C40H28N2/c1-27-41-36-23-10-12-25-38(36)42(27)37-24-11-9-22-35(37)40-33-20-7-5-18-31(33)39(32-19-6-8-21-34(32)40)30-17-13-16-29(26-30)28-14-3-2-4-15-28/h2-26H,1H3. The predicted molar refractivity (Wildman–Crippen MR) is 177 cm³/mol. The van der Waals surface area contributed by atoms with Crippen LogP contribution in [0.25, 0.3) is 71.6 Å². The summed E-state index contributed by atoms with van der Waals surface area (Å²) in [5, 5.41) is 4.98. The fraction of sp³-hybridized carbons (Fsp3) is 0.0250. The molecule has 0 aliphatic carbocycles. The predicted octanol–water partition coefficient (Wildman–Crippen LogP) is 10.6. The van der Waals surface area contributed by atoms with Gasteiger partial charge in [-0.15, -0.1) is 0 Å². The molecule has 0 aliphatic rings. The summed E-state index contributed by atoms with van der Waals surface area (Å²) in [4.78, 5) is 4.90. The van der Waals surface area contributed by atoms with Crippen LogP contribution in [0.3, 0.4) is 0 Å². The van der Waals surface area contributed by atoms with Crippen LogP contribution in [-0.4, -0.2) is 9.55 Å². The molecule has 2 nitrogen and oxygen atoms in total. The minimum Gasteiger partial charge on any atom is -0.296 e. The molecule has 0 N–H and O–H groups in total. The number of rotatable bonds is 4. The molecule has 0 bridgehead atoms. The first kappa shape index (κ1) is 24.3. The summed E-state index contributed by atoms with van der Waals surface area (Å²) in [6.07, 6.45) is 0. The van der Waals surface area contributed by atoms with Gasteiger partial charge in [-0.2, -0.15) is 0 Å². The lowest BCUT2D eigenvalue weighted by molar-refractivity contribution is 1.00. The number of hydrogen-bond donors (Lipinski definition) is 0. The first-order valence-corrected chi connectivity index (χ1v) is 14.4. The lowest BCUT2D eigenvalue weighted by Gasteiger charge is -2.20. The highest BCUT2D eigenvalue weighted by Crippen LogP contribution is 2.45. The molecule has 8 aromatic rings. The topological polar surface area (TPSA) is 17.8 Å². The number of imidazole rings is 1. The molecule has 0 fully saturated rings. The Balaban J connectivity index is 1.45. The molecule has 0 amide bonds. The van der Waals surface area contributed by atoms with Crippen LogP contribution in [0.4, 0.5) is 0 Å². The van der Waals surface area contributed by atoms with Crippen LogP contribution in [0, 0.1) is 6.92 Å². The average Bonchev–Trinajstić information content (AvgIpc) is 3.39. The Kier molecular flexibility index (Phi) is 5.72. The van der Waals surface area contributed by atoms with Crippen LogP contribution in [0.5, 0.6) is 0 Å². The molecule has 0 spiro atoms. The summed E-state index contributed by atoms with van der Waals surface area (Å²) in [7, 11) is 0. The van der Waals surface area contributed by atoms with E-state index in [1.54, 1.807) is 0 Å². The normalized spacial score (nSPS) is 11.5. The molecule has 1 aromatic heterocycles. The Hall–Kier alpha value is -5.47. The zero-order chi connectivity index (χ0) is 28.0. The number of aromatic nitrogens is 2. The van der Waals surface area contributed by atoms with Crippen molar-refractivity contribution in [2.24, 2.45) is 0 Å². The van der Waals surface area contributed by atoms with Crippen LogP contribution in [0.1, 0.15) is 5.82 Å². The summed E-state index contributed by atoms with van der Waals surface area (Å²) in [5.74, 6) is 0.978. The zero-order valence-electron chi connectivity index (χ0n) is 23.3. The van der Waals surface area contributed by atoms with Crippen LogP contribution in [0.15, 0.2) is 152 Å². The SMILES string of the molecule is Cc1nc2ccccc2n1-c1ccccc1-c1c2ccccc2c(-c2cccc(-c3ccccc3)c2)c2ccccc12. The van der Waals surface area contributed by atoms with Gasteiger partial charge in [0, 0.05) is 5.56 Å². The monoisotopic (exact) mass is 536 g/mol. The van der Waals surface area contributed by atoms with E-state index in [4.69, 9.17) is 4.98 Å². The van der Waals surface area contributed by atoms with Gasteiger partial charge in [0.15, 0.2) is 0 Å². The Morgan fingerprint density at radius 2 is 1.00 bits per heavy atom. The van der Waals surface area contributed by atoms with Gasteiger partial charge in [0.1, 0.15) is 5.82 Å². The number of benzene rings is 7. The molecule has 0 radical (unpaired) electrons. The van der Waals surface area contributed by atoms with E-state index in [1.165, 1.54) is 54.9 Å². The van der Waals surface area contributed by atoms with Crippen molar-refractivity contribution in [1.82, 2.24) is 9.55 Å². The molecule has 42 heavy (non-hydrogen) atoms.